The van der Waals surface area contributed by atoms with Crippen molar-refractivity contribution >= 4 is 27.5 Å². The van der Waals surface area contributed by atoms with Crippen LogP contribution in [0.4, 0.5) is 0 Å². The highest BCUT2D eigenvalue weighted by Gasteiger charge is 2.35. The number of phosphoric acid groups is 2. The minimum Gasteiger partial charge on any atom is -0.463 e. The summed E-state index contributed by atoms with van der Waals surface area (Å²) in [5.74, 6) is -0.524. The van der Waals surface area contributed by atoms with Crippen LogP contribution in [0.2, 0.25) is 0 Å². The Kier molecular flexibility index (Phi) is 16.1. The summed E-state index contributed by atoms with van der Waals surface area (Å²) >= 11 is 0. The van der Waals surface area contributed by atoms with Gasteiger partial charge in [-0.2, -0.15) is 0 Å². The Morgan fingerprint density at radius 2 is 1.53 bits per heavy atom. The molecule has 1 aliphatic rings. The van der Waals surface area contributed by atoms with E-state index < -0.39 is 21.7 Å². The van der Waals surface area contributed by atoms with Gasteiger partial charge in [-0.15, -0.1) is 0 Å². The number of amides is 1. The molecule has 190 valence electrons. The van der Waals surface area contributed by atoms with Gasteiger partial charge in [-0.3, -0.25) is 4.79 Å². The summed E-state index contributed by atoms with van der Waals surface area (Å²) in [6.07, 6.45) is 3.48. The lowest BCUT2D eigenvalue weighted by atomic mass is 9.88. The number of ether oxygens (including phenoxy) is 2. The van der Waals surface area contributed by atoms with Crippen molar-refractivity contribution in [3.63, 3.8) is 0 Å². The van der Waals surface area contributed by atoms with Crippen LogP contribution >= 0.6 is 15.6 Å². The van der Waals surface area contributed by atoms with Crippen LogP contribution in [-0.2, 0) is 28.2 Å². The van der Waals surface area contributed by atoms with Crippen molar-refractivity contribution in [2.24, 2.45) is 5.73 Å². The molecule has 0 aromatic carbocycles. The van der Waals surface area contributed by atoms with Crippen LogP contribution in [0.1, 0.15) is 47.0 Å². The largest absolute Gasteiger partial charge is 0.466 e. The summed E-state index contributed by atoms with van der Waals surface area (Å²) in [5.41, 5.74) is 6.68. The second-order valence-corrected chi connectivity index (χ2v) is 8.63. The van der Waals surface area contributed by atoms with Gasteiger partial charge in [0.15, 0.2) is 0 Å². The van der Waals surface area contributed by atoms with Crippen molar-refractivity contribution in [2.75, 3.05) is 6.61 Å². The number of carbonyl (C=O) groups excluding carboxylic acids is 2. The molecule has 0 aromatic heterocycles. The molecule has 32 heavy (non-hydrogen) atoms. The zero-order valence-electron chi connectivity index (χ0n) is 18.3. The molecule has 0 fully saturated rings. The normalized spacial score (nSPS) is 20.8. The van der Waals surface area contributed by atoms with Gasteiger partial charge in [0.1, 0.15) is 0 Å². The molecular weight excluding hydrogens is 474 g/mol. The van der Waals surface area contributed by atoms with E-state index in [1.807, 2.05) is 13.8 Å². The van der Waals surface area contributed by atoms with Crippen molar-refractivity contribution in [1.82, 2.24) is 5.32 Å². The smallest absolute Gasteiger partial charge is 0.463 e. The summed E-state index contributed by atoms with van der Waals surface area (Å²) in [5, 5.41) is 2.84. The molecule has 0 bridgehead atoms. The van der Waals surface area contributed by atoms with Crippen LogP contribution in [0.25, 0.3) is 0 Å². The number of carbonyl (C=O) groups is 2. The number of nitrogens with two attached hydrogens (primary N) is 1. The molecule has 0 saturated heterocycles. The van der Waals surface area contributed by atoms with Gasteiger partial charge in [0.2, 0.25) is 5.91 Å². The maximum absolute atomic E-state index is 12.0. The fraction of sp³-hybridized carbons (Fsp3) is 0.750. The summed E-state index contributed by atoms with van der Waals surface area (Å²) in [6.45, 7) is 7.62. The molecule has 0 aromatic rings. The lowest BCUT2D eigenvalue weighted by Crippen LogP contribution is -2.57. The lowest BCUT2D eigenvalue weighted by Gasteiger charge is -2.36. The van der Waals surface area contributed by atoms with Crippen LogP contribution < -0.4 is 11.1 Å². The Bertz CT molecular complexity index is 665. The number of hydrogen-bond acceptors (Lipinski definition) is 7. The fourth-order valence-corrected chi connectivity index (χ4v) is 2.62. The molecule has 0 radical (unpaired) electrons. The molecule has 3 atom stereocenters. The second-order valence-electron chi connectivity index (χ2n) is 6.57. The van der Waals surface area contributed by atoms with Gasteiger partial charge >= 0.3 is 21.6 Å². The van der Waals surface area contributed by atoms with E-state index in [1.165, 1.54) is 6.92 Å². The molecule has 1 rings (SSSR count). The average molecular weight is 508 g/mol. The molecule has 0 aliphatic heterocycles. The molecule has 0 saturated carbocycles. The van der Waals surface area contributed by atoms with Crippen LogP contribution in [0.5, 0.6) is 0 Å². The molecule has 1 amide bonds. The first-order valence-corrected chi connectivity index (χ1v) is 12.7. The maximum atomic E-state index is 12.0. The highest BCUT2D eigenvalue weighted by molar-refractivity contribution is 7.45. The van der Waals surface area contributed by atoms with Gasteiger partial charge in [0.05, 0.1) is 24.9 Å². The maximum Gasteiger partial charge on any atom is 0.466 e. The highest BCUT2D eigenvalue weighted by atomic mass is 31.2. The first-order chi connectivity index (χ1) is 14.4. The molecule has 9 N–H and O–H groups in total. The molecule has 0 heterocycles. The van der Waals surface area contributed by atoms with Crippen molar-refractivity contribution in [1.29, 1.82) is 0 Å². The van der Waals surface area contributed by atoms with Crippen molar-refractivity contribution in [3.8, 4) is 0 Å². The number of nitrogens with one attached hydrogen (secondary N) is 1. The van der Waals surface area contributed by atoms with Crippen LogP contribution in [-0.4, -0.2) is 72.1 Å². The van der Waals surface area contributed by atoms with E-state index in [4.69, 9.17) is 53.7 Å². The standard InChI is InChI=1S/C16H28N2O4.2H3O4P/c1-5-12(6-2)22-14-9-11(16(20)21-7-3)8-13(17)15(14)18-10(4)19;2*1-5(2,3)4/h9,12-15H,5-8,17H2,1-4H3,(H,18,19);2*(H3,1,2,3,4)/t13-,14+,15+;;/m0../s1. The van der Waals surface area contributed by atoms with Crippen molar-refractivity contribution in [3.05, 3.63) is 11.6 Å². The first-order valence-electron chi connectivity index (χ1n) is 9.55. The Balaban J connectivity index is 0. The molecule has 16 heteroatoms. The van der Waals surface area contributed by atoms with Gasteiger partial charge < -0.3 is 49.9 Å². The Labute approximate surface area is 186 Å². The Morgan fingerprint density at radius 1 is 1.09 bits per heavy atom. The minimum atomic E-state index is -4.64. The van der Waals surface area contributed by atoms with Crippen LogP contribution in [0, 0.1) is 0 Å². The number of hydrogen-bond donors (Lipinski definition) is 8. The lowest BCUT2D eigenvalue weighted by molar-refractivity contribution is -0.139. The van der Waals surface area contributed by atoms with Gasteiger partial charge in [0.25, 0.3) is 0 Å². The second kappa shape index (κ2) is 15.6. The van der Waals surface area contributed by atoms with E-state index in [0.717, 1.165) is 12.8 Å². The van der Waals surface area contributed by atoms with Crippen LogP contribution in [0.3, 0.4) is 0 Å². The van der Waals surface area contributed by atoms with Gasteiger partial charge in [-0.05, 0) is 32.3 Å². The molecule has 14 nitrogen and oxygen atoms in total. The third-order valence-corrected chi connectivity index (χ3v) is 3.80. The Hall–Kier alpha value is -1.18. The number of rotatable bonds is 7. The van der Waals surface area contributed by atoms with Crippen molar-refractivity contribution < 1.29 is 57.6 Å². The fourth-order valence-electron chi connectivity index (χ4n) is 2.62. The summed E-state index contributed by atoms with van der Waals surface area (Å²) < 4.78 is 28.9. The summed E-state index contributed by atoms with van der Waals surface area (Å²) in [6, 6.07) is -0.719. The summed E-state index contributed by atoms with van der Waals surface area (Å²) in [4.78, 5) is 66.5. The SMILES string of the molecule is CCOC(=O)C1=C[C@@H](OC(CC)CC)[C@H](NC(C)=O)[C@@H](N)C1.O=P(O)(O)O.O=P(O)(O)O. The van der Waals surface area contributed by atoms with E-state index in [2.05, 4.69) is 5.32 Å². The zero-order chi connectivity index (χ0) is 25.7. The van der Waals surface area contributed by atoms with Gasteiger partial charge in [-0.1, -0.05) is 13.8 Å². The predicted molar refractivity (Wildman–Crippen MR) is 113 cm³/mol. The zero-order valence-corrected chi connectivity index (χ0v) is 20.1. The first kappa shape index (κ1) is 33.0. The topological polar surface area (TPSA) is 246 Å². The Morgan fingerprint density at radius 3 is 1.88 bits per heavy atom. The quantitative estimate of drug-likeness (QED) is 0.159. The third kappa shape index (κ3) is 19.5. The van der Waals surface area contributed by atoms with Crippen LogP contribution in [0.15, 0.2) is 11.6 Å². The van der Waals surface area contributed by atoms with E-state index >= 15 is 0 Å². The van der Waals surface area contributed by atoms with Crippen molar-refractivity contribution in [2.45, 2.75) is 71.2 Å². The minimum absolute atomic E-state index is 0.0613. The van der Waals surface area contributed by atoms with E-state index in [0.29, 0.717) is 18.6 Å². The average Bonchev–Trinajstić information content (AvgIpc) is 2.59. The monoisotopic (exact) mass is 508 g/mol. The van der Waals surface area contributed by atoms with Gasteiger partial charge in [0, 0.05) is 18.5 Å². The molecule has 0 unspecified atom stereocenters. The number of esters is 1. The summed E-state index contributed by atoms with van der Waals surface area (Å²) in [7, 11) is -9.28. The third-order valence-electron chi connectivity index (χ3n) is 3.80. The van der Waals surface area contributed by atoms with E-state index in [-0.39, 0.29) is 30.1 Å². The molecule has 1 aliphatic carbocycles. The van der Waals surface area contributed by atoms with Gasteiger partial charge in [-0.25, -0.2) is 13.9 Å². The molecular formula is C16H34N2O12P2. The highest BCUT2D eigenvalue weighted by Crippen LogP contribution is 2.26. The van der Waals surface area contributed by atoms with E-state index in [1.54, 1.807) is 13.0 Å². The van der Waals surface area contributed by atoms with E-state index in [9.17, 15) is 9.59 Å². The predicted octanol–water partition coefficient (Wildman–Crippen LogP) is -0.572. The molecule has 0 spiro atoms.